The van der Waals surface area contributed by atoms with E-state index in [0.29, 0.717) is 11.5 Å². The van der Waals surface area contributed by atoms with Gasteiger partial charge >= 0.3 is 0 Å². The van der Waals surface area contributed by atoms with Gasteiger partial charge in [-0.1, -0.05) is 56.3 Å². The van der Waals surface area contributed by atoms with E-state index in [2.05, 4.69) is 60.9 Å². The number of benzene rings is 2. The van der Waals surface area contributed by atoms with Gasteiger partial charge in [0.1, 0.15) is 0 Å². The smallest absolute Gasteiger partial charge is 0.255 e. The van der Waals surface area contributed by atoms with Crippen molar-refractivity contribution < 1.29 is 4.79 Å². The van der Waals surface area contributed by atoms with Crippen molar-refractivity contribution in [3.63, 3.8) is 0 Å². The van der Waals surface area contributed by atoms with E-state index in [0.717, 1.165) is 16.8 Å². The highest BCUT2D eigenvalue weighted by atomic mass is 32.1. The minimum atomic E-state index is -0.0433. The second-order valence-corrected chi connectivity index (χ2v) is 7.49. The Morgan fingerprint density at radius 1 is 1.04 bits per heavy atom. The fourth-order valence-electron chi connectivity index (χ4n) is 3.04. The fourth-order valence-corrected chi connectivity index (χ4v) is 3.96. The van der Waals surface area contributed by atoms with Gasteiger partial charge in [0.2, 0.25) is 0 Å². The summed E-state index contributed by atoms with van der Waals surface area (Å²) in [7, 11) is 0. The summed E-state index contributed by atoms with van der Waals surface area (Å²) in [6, 6.07) is 16.7. The van der Waals surface area contributed by atoms with Crippen molar-refractivity contribution in [2.45, 2.75) is 19.8 Å². The molecule has 1 aliphatic rings. The van der Waals surface area contributed by atoms with Crippen LogP contribution in [0.25, 0.3) is 21.9 Å². The molecule has 1 amide bonds. The van der Waals surface area contributed by atoms with Crippen LogP contribution in [0.15, 0.2) is 65.6 Å². The van der Waals surface area contributed by atoms with E-state index < -0.39 is 0 Å². The average molecular weight is 345 g/mol. The molecule has 0 aliphatic carbocycles. The molecule has 0 radical (unpaired) electrons. The lowest BCUT2D eigenvalue weighted by atomic mass is 10.0. The van der Waals surface area contributed by atoms with E-state index in [1.807, 2.05) is 24.3 Å². The summed E-state index contributed by atoms with van der Waals surface area (Å²) < 4.78 is 1.24. The number of carbonyl (C=O) groups excluding carboxylic acids is 1. The van der Waals surface area contributed by atoms with Crippen molar-refractivity contribution >= 4 is 39.1 Å². The molecule has 0 saturated carbocycles. The number of rotatable bonds is 3. The van der Waals surface area contributed by atoms with Crippen LogP contribution in [-0.4, -0.2) is 5.91 Å². The van der Waals surface area contributed by atoms with Crippen molar-refractivity contribution in [3.8, 4) is 0 Å². The molecule has 0 saturated heterocycles. The Morgan fingerprint density at radius 2 is 1.80 bits per heavy atom. The third kappa shape index (κ3) is 3.03. The Kier molecular flexibility index (Phi) is 4.02. The molecule has 3 aromatic rings. The molecule has 0 unspecified atom stereocenters. The van der Waals surface area contributed by atoms with Crippen molar-refractivity contribution in [2.24, 2.45) is 0 Å². The Labute approximate surface area is 151 Å². The first-order chi connectivity index (χ1) is 12.1. The Bertz CT molecular complexity index is 1010. The topological polar surface area (TPSA) is 29.1 Å². The van der Waals surface area contributed by atoms with E-state index in [9.17, 15) is 4.79 Å². The predicted octanol–water partition coefficient (Wildman–Crippen LogP) is 5.58. The van der Waals surface area contributed by atoms with E-state index in [-0.39, 0.29) is 5.91 Å². The first-order valence-electron chi connectivity index (χ1n) is 8.43. The molecule has 0 spiro atoms. The zero-order valence-corrected chi connectivity index (χ0v) is 15.1. The van der Waals surface area contributed by atoms with Crippen LogP contribution in [0.2, 0.25) is 0 Å². The molecular formula is C22H19NOS. The van der Waals surface area contributed by atoms with Gasteiger partial charge in [0.25, 0.3) is 5.91 Å². The van der Waals surface area contributed by atoms with E-state index in [4.69, 9.17) is 0 Å². The van der Waals surface area contributed by atoms with Crippen molar-refractivity contribution in [2.75, 3.05) is 0 Å². The van der Waals surface area contributed by atoms with Gasteiger partial charge in [0.05, 0.1) is 0 Å². The summed E-state index contributed by atoms with van der Waals surface area (Å²) in [5.74, 6) is 0.460. The van der Waals surface area contributed by atoms with Crippen LogP contribution >= 0.6 is 11.3 Å². The molecule has 1 N–H and O–H groups in total. The highest BCUT2D eigenvalue weighted by Gasteiger charge is 2.19. The van der Waals surface area contributed by atoms with Gasteiger partial charge in [-0.3, -0.25) is 4.79 Å². The monoisotopic (exact) mass is 345 g/mol. The third-order valence-electron chi connectivity index (χ3n) is 4.52. The van der Waals surface area contributed by atoms with Crippen LogP contribution < -0.4 is 5.32 Å². The molecule has 4 rings (SSSR count). The molecule has 0 fully saturated rings. The number of nitrogens with one attached hydrogen (secondary N) is 1. The van der Waals surface area contributed by atoms with Gasteiger partial charge in [0.15, 0.2) is 0 Å². The van der Waals surface area contributed by atoms with Gasteiger partial charge < -0.3 is 5.32 Å². The van der Waals surface area contributed by atoms with Gasteiger partial charge in [-0.2, -0.15) is 0 Å². The summed E-state index contributed by atoms with van der Waals surface area (Å²) in [4.78, 5) is 12.4. The molecule has 1 aliphatic heterocycles. The van der Waals surface area contributed by atoms with Crippen molar-refractivity contribution in [1.82, 2.24) is 5.32 Å². The average Bonchev–Trinajstić information content (AvgIpc) is 3.20. The zero-order chi connectivity index (χ0) is 17.4. The lowest BCUT2D eigenvalue weighted by molar-refractivity contribution is -0.115. The van der Waals surface area contributed by atoms with Crippen molar-refractivity contribution in [1.29, 1.82) is 0 Å². The molecular weight excluding hydrogens is 326 g/mol. The normalized spacial score (nSPS) is 15.9. The summed E-state index contributed by atoms with van der Waals surface area (Å²) in [5.41, 5.74) is 5.00. The first-order valence-corrected chi connectivity index (χ1v) is 9.31. The number of amides is 1. The number of fused-ring (bicyclic) bond motifs is 1. The molecule has 25 heavy (non-hydrogen) atoms. The van der Waals surface area contributed by atoms with E-state index >= 15 is 0 Å². The standard InChI is InChI=1S/C22H19NOS/c1-14(2)15-7-9-16(10-8-15)20-12-17(22(24)23-20)11-18-13-25-21-6-4-3-5-19(18)21/h3-14H,1-2H3,(H,23,24). The molecule has 2 aromatic carbocycles. The van der Waals surface area contributed by atoms with Gasteiger partial charge in [-0.15, -0.1) is 11.3 Å². The number of hydrogen-bond donors (Lipinski definition) is 1. The molecule has 0 atom stereocenters. The minimum Gasteiger partial charge on any atom is -0.321 e. The Balaban J connectivity index is 1.68. The van der Waals surface area contributed by atoms with E-state index in [1.54, 1.807) is 11.3 Å². The maximum absolute atomic E-state index is 12.4. The molecule has 0 bridgehead atoms. The number of thiophene rings is 1. The summed E-state index contributed by atoms with van der Waals surface area (Å²) >= 11 is 1.70. The largest absolute Gasteiger partial charge is 0.321 e. The summed E-state index contributed by atoms with van der Waals surface area (Å²) in [6.07, 6.45) is 3.92. The van der Waals surface area contributed by atoms with E-state index in [1.165, 1.54) is 15.6 Å². The first kappa shape index (κ1) is 15.9. The highest BCUT2D eigenvalue weighted by molar-refractivity contribution is 7.17. The molecule has 1 aromatic heterocycles. The van der Waals surface area contributed by atoms with Crippen LogP contribution in [0.4, 0.5) is 0 Å². The summed E-state index contributed by atoms with van der Waals surface area (Å²) in [5, 5.41) is 6.28. The molecule has 2 heterocycles. The van der Waals surface area contributed by atoms with Crippen LogP contribution in [0, 0.1) is 0 Å². The fraction of sp³-hybridized carbons (Fsp3) is 0.136. The van der Waals surface area contributed by atoms with Crippen molar-refractivity contribution in [3.05, 3.63) is 82.3 Å². The molecule has 2 nitrogen and oxygen atoms in total. The van der Waals surface area contributed by atoms with Crippen LogP contribution in [0.1, 0.15) is 36.5 Å². The maximum Gasteiger partial charge on any atom is 0.255 e. The predicted molar refractivity (Wildman–Crippen MR) is 106 cm³/mol. The SMILES string of the molecule is CC(C)c1ccc(C2=CC(=Cc3csc4ccccc34)C(=O)N2)cc1. The lowest BCUT2D eigenvalue weighted by Gasteiger charge is -2.07. The van der Waals surface area contributed by atoms with Gasteiger partial charge in [-0.25, -0.2) is 0 Å². The van der Waals surface area contributed by atoms with Crippen LogP contribution in [0.5, 0.6) is 0 Å². The Morgan fingerprint density at radius 3 is 2.56 bits per heavy atom. The Hall–Kier alpha value is -2.65. The minimum absolute atomic E-state index is 0.0433. The number of hydrogen-bond acceptors (Lipinski definition) is 2. The summed E-state index contributed by atoms with van der Waals surface area (Å²) in [6.45, 7) is 4.36. The highest BCUT2D eigenvalue weighted by Crippen LogP contribution is 2.29. The van der Waals surface area contributed by atoms with Gasteiger partial charge in [0, 0.05) is 16.0 Å². The molecule has 124 valence electrons. The van der Waals surface area contributed by atoms with Crippen LogP contribution in [0.3, 0.4) is 0 Å². The second kappa shape index (κ2) is 6.34. The molecule has 3 heteroatoms. The second-order valence-electron chi connectivity index (χ2n) is 6.58. The maximum atomic E-state index is 12.4. The lowest BCUT2D eigenvalue weighted by Crippen LogP contribution is -2.15. The zero-order valence-electron chi connectivity index (χ0n) is 14.2. The quantitative estimate of drug-likeness (QED) is 0.617. The number of carbonyl (C=O) groups is 1. The third-order valence-corrected chi connectivity index (χ3v) is 5.50. The van der Waals surface area contributed by atoms with Gasteiger partial charge in [-0.05, 0) is 51.6 Å². The van der Waals surface area contributed by atoms with Crippen LogP contribution in [-0.2, 0) is 4.79 Å².